The van der Waals surface area contributed by atoms with Gasteiger partial charge in [-0.25, -0.2) is 0 Å². The molecule has 0 atom stereocenters. The highest BCUT2D eigenvalue weighted by Crippen LogP contribution is 2.41. The molecule has 4 rings (SSSR count). The molecule has 5 heteroatoms. The third-order valence-electron chi connectivity index (χ3n) is 4.40. The Balaban J connectivity index is 1.55. The van der Waals surface area contributed by atoms with E-state index in [0.717, 1.165) is 21.6 Å². The number of carbonyl (C=O) groups is 1. The highest BCUT2D eigenvalue weighted by Gasteiger charge is 2.25. The minimum absolute atomic E-state index is 0.0543. The van der Waals surface area contributed by atoms with Crippen LogP contribution < -0.4 is 9.47 Å². The Hall–Kier alpha value is -2.69. The number of benzene rings is 3. The van der Waals surface area contributed by atoms with E-state index in [9.17, 15) is 4.79 Å². The maximum absolute atomic E-state index is 12.6. The average Bonchev–Trinajstić information content (AvgIpc) is 3.03. The zero-order valence-electron chi connectivity index (χ0n) is 15.1. The van der Waals surface area contributed by atoms with Crippen LogP contribution in [0.15, 0.2) is 76.5 Å². The van der Waals surface area contributed by atoms with Crippen LogP contribution in [0.4, 0.5) is 0 Å². The molecule has 0 N–H and O–H groups in total. The number of carbonyl (C=O) groups excluding carboxylic acids is 1. The zero-order chi connectivity index (χ0) is 19.5. The minimum Gasteiger partial charge on any atom is -0.493 e. The molecule has 28 heavy (non-hydrogen) atoms. The van der Waals surface area contributed by atoms with Gasteiger partial charge in [0, 0.05) is 21.0 Å². The summed E-state index contributed by atoms with van der Waals surface area (Å²) in [6.45, 7) is 0.347. The summed E-state index contributed by atoms with van der Waals surface area (Å²) in [6.07, 6.45) is 1.88. The largest absolute Gasteiger partial charge is 0.493 e. The number of methoxy groups -OCH3 is 1. The summed E-state index contributed by atoms with van der Waals surface area (Å²) in [5, 5.41) is 0.666. The SMILES string of the molecule is COc1cc(C=C2Sc3ccccc3C2=O)ccc1OCc1ccccc1Cl. The molecular formula is C23H17ClO3S. The standard InChI is InChI=1S/C23H17ClO3S/c1-26-20-12-15(13-22-23(25)17-7-3-5-9-21(17)28-22)10-11-19(20)27-14-16-6-2-4-8-18(16)24/h2-13H,14H2,1H3. The average molecular weight is 409 g/mol. The molecule has 140 valence electrons. The van der Waals surface area contributed by atoms with Gasteiger partial charge in [0.05, 0.1) is 12.0 Å². The Kier molecular flexibility index (Phi) is 5.42. The molecule has 0 unspecified atom stereocenters. The van der Waals surface area contributed by atoms with E-state index in [1.807, 2.05) is 72.8 Å². The van der Waals surface area contributed by atoms with E-state index in [4.69, 9.17) is 21.1 Å². The number of ketones is 1. The topological polar surface area (TPSA) is 35.5 Å². The van der Waals surface area contributed by atoms with Crippen molar-refractivity contribution in [2.45, 2.75) is 11.5 Å². The van der Waals surface area contributed by atoms with Crippen molar-refractivity contribution in [3.05, 3.63) is 93.3 Å². The van der Waals surface area contributed by atoms with Crippen LogP contribution in [-0.2, 0) is 6.61 Å². The van der Waals surface area contributed by atoms with Crippen molar-refractivity contribution in [3.8, 4) is 11.5 Å². The van der Waals surface area contributed by atoms with Crippen LogP contribution >= 0.6 is 23.4 Å². The van der Waals surface area contributed by atoms with Crippen molar-refractivity contribution in [3.63, 3.8) is 0 Å². The lowest BCUT2D eigenvalue weighted by Crippen LogP contribution is -1.99. The summed E-state index contributed by atoms with van der Waals surface area (Å²) in [6, 6.07) is 20.8. The predicted octanol–water partition coefficient (Wildman–Crippen LogP) is 6.26. The molecule has 1 aliphatic rings. The van der Waals surface area contributed by atoms with E-state index in [0.29, 0.717) is 28.0 Å². The highest BCUT2D eigenvalue weighted by atomic mass is 35.5. The summed E-state index contributed by atoms with van der Waals surface area (Å²) in [7, 11) is 1.60. The zero-order valence-corrected chi connectivity index (χ0v) is 16.7. The quantitative estimate of drug-likeness (QED) is 0.467. The van der Waals surface area contributed by atoms with Gasteiger partial charge in [-0.15, -0.1) is 0 Å². The Bertz CT molecular complexity index is 1070. The molecule has 1 heterocycles. The van der Waals surface area contributed by atoms with Crippen LogP contribution in [0.5, 0.6) is 11.5 Å². The maximum atomic E-state index is 12.6. The molecule has 3 nitrogen and oxygen atoms in total. The van der Waals surface area contributed by atoms with Crippen molar-refractivity contribution in [1.82, 2.24) is 0 Å². The molecule has 3 aromatic rings. The van der Waals surface area contributed by atoms with Gasteiger partial charge in [-0.2, -0.15) is 0 Å². The van der Waals surface area contributed by atoms with Crippen LogP contribution in [0.3, 0.4) is 0 Å². The second-order valence-electron chi connectivity index (χ2n) is 6.23. The molecule has 0 saturated carbocycles. The first-order valence-electron chi connectivity index (χ1n) is 8.73. The first-order chi connectivity index (χ1) is 13.7. The van der Waals surface area contributed by atoms with Gasteiger partial charge in [-0.3, -0.25) is 4.79 Å². The smallest absolute Gasteiger partial charge is 0.200 e. The molecule has 0 radical (unpaired) electrons. The van der Waals surface area contributed by atoms with E-state index in [-0.39, 0.29) is 5.78 Å². The number of allylic oxidation sites excluding steroid dienone is 1. The van der Waals surface area contributed by atoms with Gasteiger partial charge in [-0.1, -0.05) is 59.8 Å². The molecular weight excluding hydrogens is 392 g/mol. The van der Waals surface area contributed by atoms with E-state index in [1.165, 1.54) is 11.8 Å². The summed E-state index contributed by atoms with van der Waals surface area (Å²) in [5.41, 5.74) is 2.54. The van der Waals surface area contributed by atoms with Gasteiger partial charge < -0.3 is 9.47 Å². The van der Waals surface area contributed by atoms with Gasteiger partial charge in [0.25, 0.3) is 0 Å². The molecule has 0 amide bonds. The normalized spacial score (nSPS) is 14.2. The lowest BCUT2D eigenvalue weighted by molar-refractivity contribution is 0.104. The predicted molar refractivity (Wildman–Crippen MR) is 113 cm³/mol. The van der Waals surface area contributed by atoms with Crippen LogP contribution in [-0.4, -0.2) is 12.9 Å². The van der Waals surface area contributed by atoms with Crippen LogP contribution in [0.1, 0.15) is 21.5 Å². The Labute approximate surface area is 172 Å². The van der Waals surface area contributed by atoms with Gasteiger partial charge in [0.15, 0.2) is 11.5 Å². The number of ether oxygens (including phenoxy) is 2. The molecule has 3 aromatic carbocycles. The second kappa shape index (κ2) is 8.13. The van der Waals surface area contributed by atoms with Crippen LogP contribution in [0, 0.1) is 0 Å². The van der Waals surface area contributed by atoms with Crippen molar-refractivity contribution in [1.29, 1.82) is 0 Å². The van der Waals surface area contributed by atoms with Crippen molar-refractivity contribution in [2.75, 3.05) is 7.11 Å². The van der Waals surface area contributed by atoms with Crippen LogP contribution in [0.25, 0.3) is 6.08 Å². The Morgan fingerprint density at radius 1 is 1.00 bits per heavy atom. The fourth-order valence-corrected chi connectivity index (χ4v) is 4.19. The Morgan fingerprint density at radius 3 is 2.57 bits per heavy atom. The van der Waals surface area contributed by atoms with E-state index < -0.39 is 0 Å². The summed E-state index contributed by atoms with van der Waals surface area (Å²) in [5.74, 6) is 1.28. The number of halogens is 1. The first-order valence-corrected chi connectivity index (χ1v) is 9.92. The van der Waals surface area contributed by atoms with Gasteiger partial charge >= 0.3 is 0 Å². The third kappa shape index (κ3) is 3.79. The Morgan fingerprint density at radius 2 is 1.79 bits per heavy atom. The summed E-state index contributed by atoms with van der Waals surface area (Å²) in [4.78, 5) is 14.2. The van der Waals surface area contributed by atoms with Gasteiger partial charge in [0.1, 0.15) is 6.61 Å². The van der Waals surface area contributed by atoms with Crippen molar-refractivity contribution < 1.29 is 14.3 Å². The van der Waals surface area contributed by atoms with E-state index >= 15 is 0 Å². The van der Waals surface area contributed by atoms with E-state index in [1.54, 1.807) is 7.11 Å². The molecule has 0 aromatic heterocycles. The second-order valence-corrected chi connectivity index (χ2v) is 7.72. The number of rotatable bonds is 5. The highest BCUT2D eigenvalue weighted by molar-refractivity contribution is 8.04. The van der Waals surface area contributed by atoms with Gasteiger partial charge in [-0.05, 0) is 42.0 Å². The lowest BCUT2D eigenvalue weighted by atomic mass is 10.1. The van der Waals surface area contributed by atoms with E-state index in [2.05, 4.69) is 0 Å². The third-order valence-corrected chi connectivity index (χ3v) is 5.87. The summed E-state index contributed by atoms with van der Waals surface area (Å²) >= 11 is 7.67. The number of hydrogen-bond donors (Lipinski definition) is 0. The molecule has 0 spiro atoms. The summed E-state index contributed by atoms with van der Waals surface area (Å²) < 4.78 is 11.4. The first kappa shape index (κ1) is 18.7. The number of thioether (sulfide) groups is 1. The molecule has 0 saturated heterocycles. The molecule has 0 bridgehead atoms. The number of Topliss-reactive ketones (excluding diaryl/α,β-unsaturated/α-hetero) is 1. The molecule has 0 aliphatic carbocycles. The molecule has 0 fully saturated rings. The van der Waals surface area contributed by atoms with Crippen molar-refractivity contribution >= 4 is 35.2 Å². The minimum atomic E-state index is 0.0543. The maximum Gasteiger partial charge on any atom is 0.200 e. The molecule has 1 aliphatic heterocycles. The van der Waals surface area contributed by atoms with Crippen molar-refractivity contribution in [2.24, 2.45) is 0 Å². The lowest BCUT2D eigenvalue weighted by Gasteiger charge is -2.12. The number of fused-ring (bicyclic) bond motifs is 1. The number of hydrogen-bond acceptors (Lipinski definition) is 4. The monoisotopic (exact) mass is 408 g/mol. The van der Waals surface area contributed by atoms with Gasteiger partial charge in [0.2, 0.25) is 5.78 Å². The van der Waals surface area contributed by atoms with Crippen LogP contribution in [0.2, 0.25) is 5.02 Å². The fourth-order valence-electron chi connectivity index (χ4n) is 2.95. The fraction of sp³-hybridized carbons (Fsp3) is 0.0870.